The fourth-order valence-electron chi connectivity index (χ4n) is 3.42. The van der Waals surface area contributed by atoms with Crippen LogP contribution in [0.4, 0.5) is 26.7 Å². The van der Waals surface area contributed by atoms with Crippen LogP contribution in [0, 0.1) is 0 Å². The molecule has 32 heavy (non-hydrogen) atoms. The summed E-state index contributed by atoms with van der Waals surface area (Å²) in [6.45, 7) is 4.94. The zero-order valence-electron chi connectivity index (χ0n) is 17.2. The molecule has 0 aliphatic heterocycles. The van der Waals surface area contributed by atoms with E-state index in [4.69, 9.17) is 14.2 Å². The predicted octanol–water partition coefficient (Wildman–Crippen LogP) is 4.07. The second kappa shape index (κ2) is 7.72. The standard InChI is InChI=1S/C19H21F5O7S/c1-17(2,3)31-16(26)30-10-6-9(7-10)29-12-4-5-13(32(27,28)19(22,23)24)14-11(12)8-18(20,21)15(14)25/h4-5,9-10,15,25H,6-8H2,1-3H3/t9-,10+,15-/m0/s1. The topological polar surface area (TPSA) is 99.1 Å². The molecular formula is C19H21F5O7S. The fourth-order valence-corrected chi connectivity index (χ4v) is 4.44. The molecule has 0 saturated heterocycles. The van der Waals surface area contributed by atoms with E-state index in [-0.39, 0.29) is 18.6 Å². The lowest BCUT2D eigenvalue weighted by Gasteiger charge is -2.35. The Morgan fingerprint density at radius 2 is 1.72 bits per heavy atom. The number of carbonyl (C=O) groups excluding carboxylic acids is 1. The Bertz CT molecular complexity index is 1010. The van der Waals surface area contributed by atoms with Crippen LogP contribution in [0.1, 0.15) is 50.8 Å². The number of fused-ring (bicyclic) bond motifs is 1. The van der Waals surface area contributed by atoms with Crippen molar-refractivity contribution in [1.29, 1.82) is 0 Å². The van der Waals surface area contributed by atoms with Gasteiger partial charge in [-0.05, 0) is 32.9 Å². The highest BCUT2D eigenvalue weighted by Crippen LogP contribution is 2.51. The molecule has 180 valence electrons. The van der Waals surface area contributed by atoms with E-state index >= 15 is 0 Å². The summed E-state index contributed by atoms with van der Waals surface area (Å²) in [5, 5.41) is 9.87. The number of carbonyl (C=O) groups is 1. The number of alkyl halides is 5. The third-order valence-corrected chi connectivity index (χ3v) is 6.50. The zero-order valence-corrected chi connectivity index (χ0v) is 18.0. The van der Waals surface area contributed by atoms with Gasteiger partial charge in [-0.3, -0.25) is 0 Å². The van der Waals surface area contributed by atoms with Crippen LogP contribution in [0.25, 0.3) is 0 Å². The minimum atomic E-state index is -5.98. The monoisotopic (exact) mass is 488 g/mol. The van der Waals surface area contributed by atoms with Crippen LogP contribution in [-0.2, 0) is 25.7 Å². The van der Waals surface area contributed by atoms with Crippen molar-refractivity contribution in [2.45, 2.75) is 80.3 Å². The van der Waals surface area contributed by atoms with Gasteiger partial charge in [0.25, 0.3) is 15.8 Å². The van der Waals surface area contributed by atoms with Crippen LogP contribution in [0.2, 0.25) is 0 Å². The van der Waals surface area contributed by atoms with Gasteiger partial charge in [-0.25, -0.2) is 22.0 Å². The molecule has 2 aliphatic rings. The minimum absolute atomic E-state index is 0.162. The van der Waals surface area contributed by atoms with Crippen molar-refractivity contribution < 1.29 is 54.5 Å². The summed E-state index contributed by atoms with van der Waals surface area (Å²) in [7, 11) is -5.98. The maximum Gasteiger partial charge on any atom is 0.509 e. The van der Waals surface area contributed by atoms with Crippen LogP contribution in [0.3, 0.4) is 0 Å². The number of rotatable bonds is 4. The van der Waals surface area contributed by atoms with E-state index in [0.29, 0.717) is 6.07 Å². The largest absolute Gasteiger partial charge is 0.509 e. The molecule has 0 aromatic heterocycles. The van der Waals surface area contributed by atoms with Crippen LogP contribution in [0.15, 0.2) is 17.0 Å². The van der Waals surface area contributed by atoms with Crippen molar-refractivity contribution in [2.24, 2.45) is 0 Å². The van der Waals surface area contributed by atoms with Crippen LogP contribution >= 0.6 is 0 Å². The normalized spacial score (nSPS) is 25.0. The van der Waals surface area contributed by atoms with Crippen molar-refractivity contribution in [3.05, 3.63) is 23.3 Å². The summed E-state index contributed by atoms with van der Waals surface area (Å²) in [5.74, 6) is -4.14. The van der Waals surface area contributed by atoms with Gasteiger partial charge in [-0.15, -0.1) is 0 Å². The number of aliphatic hydroxyl groups excluding tert-OH is 1. The quantitative estimate of drug-likeness (QED) is 0.504. The van der Waals surface area contributed by atoms with Gasteiger partial charge in [0, 0.05) is 30.4 Å². The lowest BCUT2D eigenvalue weighted by atomic mass is 9.92. The van der Waals surface area contributed by atoms with Crippen molar-refractivity contribution in [3.63, 3.8) is 0 Å². The molecule has 1 fully saturated rings. The Morgan fingerprint density at radius 1 is 1.12 bits per heavy atom. The Kier molecular flexibility index (Phi) is 5.91. The highest BCUT2D eigenvalue weighted by Gasteiger charge is 2.55. The summed E-state index contributed by atoms with van der Waals surface area (Å²) in [6.07, 6.45) is -5.69. The molecule has 0 spiro atoms. The molecule has 13 heteroatoms. The smallest absolute Gasteiger partial charge is 0.490 e. The lowest BCUT2D eigenvalue weighted by molar-refractivity contribution is -0.0980. The zero-order chi connectivity index (χ0) is 24.3. The van der Waals surface area contributed by atoms with Gasteiger partial charge < -0.3 is 19.3 Å². The Morgan fingerprint density at radius 3 is 2.25 bits per heavy atom. The third-order valence-electron chi connectivity index (χ3n) is 4.95. The molecule has 0 bridgehead atoms. The van der Waals surface area contributed by atoms with Gasteiger partial charge in [0.2, 0.25) is 0 Å². The van der Waals surface area contributed by atoms with E-state index in [1.807, 2.05) is 0 Å². The van der Waals surface area contributed by atoms with Crippen molar-refractivity contribution >= 4 is 16.0 Å². The Balaban J connectivity index is 1.79. The summed E-state index contributed by atoms with van der Waals surface area (Å²) >= 11 is 0. The van der Waals surface area contributed by atoms with E-state index in [9.17, 15) is 40.3 Å². The molecule has 1 atom stereocenters. The molecule has 0 amide bonds. The molecule has 0 heterocycles. The number of sulfone groups is 1. The maximum atomic E-state index is 14.1. The van der Waals surface area contributed by atoms with Crippen LogP contribution in [0.5, 0.6) is 5.75 Å². The molecule has 7 nitrogen and oxygen atoms in total. The molecule has 3 rings (SSSR count). The predicted molar refractivity (Wildman–Crippen MR) is 98.1 cm³/mol. The van der Waals surface area contributed by atoms with Crippen LogP contribution < -0.4 is 4.74 Å². The Labute approximate surface area is 180 Å². The molecule has 1 N–H and O–H groups in total. The van der Waals surface area contributed by atoms with Gasteiger partial charge in [0.05, 0.1) is 4.90 Å². The number of hydrogen-bond acceptors (Lipinski definition) is 7. The van der Waals surface area contributed by atoms with Gasteiger partial charge in [0.15, 0.2) is 0 Å². The second-order valence-electron chi connectivity index (χ2n) is 8.66. The molecule has 0 unspecified atom stereocenters. The van der Waals surface area contributed by atoms with Crippen molar-refractivity contribution in [2.75, 3.05) is 0 Å². The van der Waals surface area contributed by atoms with E-state index in [1.165, 1.54) is 0 Å². The van der Waals surface area contributed by atoms with E-state index < -0.39 is 73.8 Å². The number of benzene rings is 1. The summed E-state index contributed by atoms with van der Waals surface area (Å²) in [6, 6.07) is 1.35. The van der Waals surface area contributed by atoms with E-state index in [2.05, 4.69) is 0 Å². The molecule has 0 radical (unpaired) electrons. The highest BCUT2D eigenvalue weighted by molar-refractivity contribution is 7.92. The van der Waals surface area contributed by atoms with E-state index in [1.54, 1.807) is 20.8 Å². The van der Waals surface area contributed by atoms with Crippen molar-refractivity contribution in [1.82, 2.24) is 0 Å². The highest BCUT2D eigenvalue weighted by atomic mass is 32.2. The second-order valence-corrected chi connectivity index (χ2v) is 10.6. The van der Waals surface area contributed by atoms with Gasteiger partial charge in [-0.1, -0.05) is 0 Å². The lowest BCUT2D eigenvalue weighted by Crippen LogP contribution is -2.41. The van der Waals surface area contributed by atoms with Gasteiger partial charge in [-0.2, -0.15) is 13.2 Å². The summed E-state index contributed by atoms with van der Waals surface area (Å²) in [5.41, 5.74) is -8.03. The SMILES string of the molecule is CC(C)(C)OC(=O)O[C@H]1C[C@@H](Oc2ccc(S(=O)(=O)C(F)(F)F)c3c2CC(F)(F)[C@H]3O)C1. The Hall–Kier alpha value is -2.15. The van der Waals surface area contributed by atoms with Crippen molar-refractivity contribution in [3.8, 4) is 5.75 Å². The van der Waals surface area contributed by atoms with Gasteiger partial charge in [0.1, 0.15) is 29.7 Å². The number of aliphatic hydroxyl groups is 1. The number of hydrogen-bond donors (Lipinski definition) is 1. The first-order valence-corrected chi connectivity index (χ1v) is 11.0. The molecule has 1 saturated carbocycles. The first-order valence-electron chi connectivity index (χ1n) is 9.51. The average Bonchev–Trinajstić information content (AvgIpc) is 2.80. The number of ether oxygens (including phenoxy) is 3. The summed E-state index contributed by atoms with van der Waals surface area (Å²) in [4.78, 5) is 10.2. The molecular weight excluding hydrogens is 467 g/mol. The fraction of sp³-hybridized carbons (Fsp3) is 0.632. The summed E-state index contributed by atoms with van der Waals surface area (Å²) < 4.78 is 106. The minimum Gasteiger partial charge on any atom is -0.490 e. The molecule has 1 aromatic carbocycles. The average molecular weight is 488 g/mol. The number of halogens is 5. The van der Waals surface area contributed by atoms with Crippen LogP contribution in [-0.4, -0.2) is 48.9 Å². The maximum absolute atomic E-state index is 14.1. The van der Waals surface area contributed by atoms with E-state index in [0.717, 1.165) is 6.07 Å². The molecule has 1 aromatic rings. The van der Waals surface area contributed by atoms with Gasteiger partial charge >= 0.3 is 11.7 Å². The third kappa shape index (κ3) is 4.63. The first-order chi connectivity index (χ1) is 14.4. The first kappa shape index (κ1) is 24.5. The molecule has 2 aliphatic carbocycles.